The summed E-state index contributed by atoms with van der Waals surface area (Å²) < 4.78 is 43.7. The summed E-state index contributed by atoms with van der Waals surface area (Å²) in [6, 6.07) is 4.78. The highest BCUT2D eigenvalue weighted by molar-refractivity contribution is 9.10. The van der Waals surface area contributed by atoms with Crippen molar-refractivity contribution in [2.45, 2.75) is 44.6 Å². The molecule has 2 aromatic heterocycles. The maximum absolute atomic E-state index is 13.6. The Hall–Kier alpha value is -3.92. The maximum Gasteiger partial charge on any atom is 0.435 e. The van der Waals surface area contributed by atoms with Crippen molar-refractivity contribution >= 4 is 39.5 Å². The van der Waals surface area contributed by atoms with Crippen molar-refractivity contribution in [1.29, 1.82) is 0 Å². The van der Waals surface area contributed by atoms with E-state index in [9.17, 15) is 27.6 Å². The fourth-order valence-electron chi connectivity index (χ4n) is 5.13. The predicted molar refractivity (Wildman–Crippen MR) is 154 cm³/mol. The lowest BCUT2D eigenvalue weighted by molar-refractivity contribution is -0.141. The molecule has 4 N–H and O–H groups in total. The van der Waals surface area contributed by atoms with Crippen molar-refractivity contribution < 1.29 is 27.6 Å². The molecule has 1 aromatic carbocycles. The summed E-state index contributed by atoms with van der Waals surface area (Å²) in [4.78, 5) is 46.1. The van der Waals surface area contributed by atoms with Gasteiger partial charge in [0, 0.05) is 68.2 Å². The maximum atomic E-state index is 13.6. The number of aromatic nitrogens is 4. The minimum atomic E-state index is -4.68. The summed E-state index contributed by atoms with van der Waals surface area (Å²) in [6.07, 6.45) is -0.669. The second kappa shape index (κ2) is 12.0. The molecule has 0 spiro atoms. The van der Waals surface area contributed by atoms with E-state index in [-0.39, 0.29) is 47.6 Å². The number of rotatable bonds is 6. The number of imidazole rings is 1. The lowest BCUT2D eigenvalue weighted by Crippen LogP contribution is -2.57. The summed E-state index contributed by atoms with van der Waals surface area (Å²) in [5.41, 5.74) is 5.36. The third-order valence-corrected chi connectivity index (χ3v) is 8.29. The molecule has 1 aliphatic carbocycles. The number of aryl methyl sites for hydroxylation is 1. The van der Waals surface area contributed by atoms with E-state index < -0.39 is 17.8 Å². The van der Waals surface area contributed by atoms with Gasteiger partial charge in [-0.3, -0.25) is 14.3 Å². The fourth-order valence-corrected chi connectivity index (χ4v) is 5.68. The molecule has 0 unspecified atom stereocenters. The van der Waals surface area contributed by atoms with Gasteiger partial charge in [0.2, 0.25) is 0 Å². The van der Waals surface area contributed by atoms with Crippen molar-refractivity contribution in [2.75, 3.05) is 31.5 Å². The Bertz CT molecular complexity index is 1540. The number of piperazine rings is 1. The van der Waals surface area contributed by atoms with E-state index >= 15 is 0 Å². The van der Waals surface area contributed by atoms with E-state index in [0.29, 0.717) is 41.9 Å². The van der Waals surface area contributed by atoms with Gasteiger partial charge in [0.25, 0.3) is 11.8 Å². The van der Waals surface area contributed by atoms with Gasteiger partial charge in [-0.05, 0) is 53.9 Å². The van der Waals surface area contributed by atoms with Gasteiger partial charge in [0.15, 0.2) is 11.5 Å². The van der Waals surface area contributed by atoms with Crippen molar-refractivity contribution in [3.05, 3.63) is 52.1 Å². The Labute approximate surface area is 253 Å². The molecular formula is C27H31BrF3N9O3. The first-order valence-corrected chi connectivity index (χ1v) is 14.5. The van der Waals surface area contributed by atoms with Gasteiger partial charge in [-0.25, -0.2) is 9.78 Å². The summed E-state index contributed by atoms with van der Waals surface area (Å²) >= 11 is 3.41. The summed E-state index contributed by atoms with van der Waals surface area (Å²) in [6.45, 7) is 3.46. The number of alkyl halides is 3. The van der Waals surface area contributed by atoms with Crippen LogP contribution in [-0.4, -0.2) is 85.2 Å². The fraction of sp³-hybridized carbons (Fsp3) is 0.444. The van der Waals surface area contributed by atoms with E-state index in [4.69, 9.17) is 5.73 Å². The largest absolute Gasteiger partial charge is 0.435 e. The van der Waals surface area contributed by atoms with Crippen LogP contribution >= 0.6 is 15.9 Å². The molecule has 43 heavy (non-hydrogen) atoms. The Morgan fingerprint density at radius 3 is 2.40 bits per heavy atom. The molecule has 2 aliphatic rings. The molecule has 3 heterocycles. The zero-order valence-electron chi connectivity index (χ0n) is 23.5. The van der Waals surface area contributed by atoms with Gasteiger partial charge in [-0.15, -0.1) is 0 Å². The standard InChI is InChI=1S/C27H31BrF3N9O3/c1-3-40-14-19(22(36-40)27(29,30)31)21-13-33-23(37(21)2)24(41)34-16-4-5-18(20(28)12-16)25(42)38-6-8-39(9-7-38)26(43)35-17-10-15(32)11-17/h4-5,12-15,17H,3,6-11,32H2,1-2H3,(H,34,41)(H,35,43)/t15-,17+. The first kappa shape index (κ1) is 30.5. The van der Waals surface area contributed by atoms with Crippen molar-refractivity contribution in [3.63, 3.8) is 0 Å². The molecule has 3 aromatic rings. The minimum absolute atomic E-state index is 0.0871. The van der Waals surface area contributed by atoms with E-state index in [0.717, 1.165) is 12.8 Å². The molecule has 5 rings (SSSR count). The second-order valence-corrected chi connectivity index (χ2v) is 11.4. The molecule has 4 amide bonds. The molecule has 1 aliphatic heterocycles. The van der Waals surface area contributed by atoms with E-state index in [1.54, 1.807) is 34.9 Å². The number of halogens is 4. The summed E-state index contributed by atoms with van der Waals surface area (Å²) in [7, 11) is 1.45. The highest BCUT2D eigenvalue weighted by Crippen LogP contribution is 2.36. The second-order valence-electron chi connectivity index (χ2n) is 10.6. The molecular weight excluding hydrogens is 635 g/mol. The zero-order valence-corrected chi connectivity index (χ0v) is 25.1. The Kier molecular flexibility index (Phi) is 8.51. The molecule has 12 nitrogen and oxygen atoms in total. The van der Waals surface area contributed by atoms with Crippen LogP contribution in [0.15, 0.2) is 35.1 Å². The molecule has 16 heteroatoms. The summed E-state index contributed by atoms with van der Waals surface area (Å²) in [5.74, 6) is -0.975. The number of anilines is 1. The molecule has 2 fully saturated rings. The third kappa shape index (κ3) is 6.39. The first-order chi connectivity index (χ1) is 20.3. The number of carbonyl (C=O) groups is 3. The molecule has 0 atom stereocenters. The Morgan fingerprint density at radius 1 is 1.12 bits per heavy atom. The quantitative estimate of drug-likeness (QED) is 0.369. The summed E-state index contributed by atoms with van der Waals surface area (Å²) in [5, 5.41) is 9.27. The topological polar surface area (TPSA) is 143 Å². The van der Waals surface area contributed by atoms with Crippen molar-refractivity contribution in [2.24, 2.45) is 12.8 Å². The van der Waals surface area contributed by atoms with E-state index in [2.05, 4.69) is 36.6 Å². The van der Waals surface area contributed by atoms with Crippen LogP contribution < -0.4 is 16.4 Å². The highest BCUT2D eigenvalue weighted by atomic mass is 79.9. The van der Waals surface area contributed by atoms with E-state index in [1.807, 2.05) is 0 Å². The molecule has 1 saturated carbocycles. The number of amides is 4. The number of urea groups is 1. The van der Waals surface area contributed by atoms with Gasteiger partial charge in [0.1, 0.15) is 0 Å². The highest BCUT2D eigenvalue weighted by Gasteiger charge is 2.38. The molecule has 0 radical (unpaired) electrons. The van der Waals surface area contributed by atoms with E-state index in [1.165, 1.54) is 28.7 Å². The SMILES string of the molecule is CCn1cc(-c2cnc(C(=O)Nc3ccc(C(=O)N4CCN(C(=O)N[C@H]5C[C@@H](N)C5)CC4)c(Br)c3)n2C)c(C(F)(F)F)n1. The average Bonchev–Trinajstić information content (AvgIpc) is 3.55. The van der Waals surface area contributed by atoms with Crippen molar-refractivity contribution in [3.8, 4) is 11.3 Å². The monoisotopic (exact) mass is 665 g/mol. The average molecular weight is 667 g/mol. The van der Waals surface area contributed by atoms with Gasteiger partial charge in [0.05, 0.1) is 23.0 Å². The van der Waals surface area contributed by atoms with Crippen LogP contribution in [0.5, 0.6) is 0 Å². The minimum Gasteiger partial charge on any atom is -0.335 e. The van der Waals surface area contributed by atoms with Crippen LogP contribution in [0.4, 0.5) is 23.7 Å². The molecule has 230 valence electrons. The van der Waals surface area contributed by atoms with Crippen LogP contribution in [0.3, 0.4) is 0 Å². The molecule has 0 bridgehead atoms. The number of hydrogen-bond donors (Lipinski definition) is 3. The Balaban J connectivity index is 1.22. The first-order valence-electron chi connectivity index (χ1n) is 13.7. The zero-order chi connectivity index (χ0) is 31.1. The number of nitrogens with two attached hydrogens (primary N) is 1. The normalized spacial score (nSPS) is 18.8. The van der Waals surface area contributed by atoms with Crippen LogP contribution in [0.25, 0.3) is 11.3 Å². The Morgan fingerprint density at radius 2 is 1.79 bits per heavy atom. The van der Waals surface area contributed by atoms with Crippen LogP contribution in [0, 0.1) is 0 Å². The lowest BCUT2D eigenvalue weighted by Gasteiger charge is -2.38. The van der Waals surface area contributed by atoms with Gasteiger partial charge < -0.3 is 30.7 Å². The number of nitrogens with zero attached hydrogens (tertiary/aromatic N) is 6. The number of nitrogens with one attached hydrogen (secondary N) is 2. The van der Waals surface area contributed by atoms with Crippen molar-refractivity contribution in [1.82, 2.24) is 34.4 Å². The number of hydrogen-bond acceptors (Lipinski definition) is 6. The van der Waals surface area contributed by atoms with Gasteiger partial charge in [-0.1, -0.05) is 0 Å². The van der Waals surface area contributed by atoms with Gasteiger partial charge in [-0.2, -0.15) is 18.3 Å². The number of carbonyl (C=O) groups excluding carboxylic acids is 3. The third-order valence-electron chi connectivity index (χ3n) is 7.64. The number of benzene rings is 1. The van der Waals surface area contributed by atoms with Crippen LogP contribution in [0.1, 0.15) is 46.4 Å². The molecule has 1 saturated heterocycles. The van der Waals surface area contributed by atoms with Crippen LogP contribution in [-0.2, 0) is 19.8 Å². The predicted octanol–water partition coefficient (Wildman–Crippen LogP) is 3.29. The van der Waals surface area contributed by atoms with Gasteiger partial charge >= 0.3 is 12.2 Å². The lowest BCUT2D eigenvalue weighted by atomic mass is 9.88. The smallest absolute Gasteiger partial charge is 0.335 e. The van der Waals surface area contributed by atoms with Crippen LogP contribution in [0.2, 0.25) is 0 Å².